The first-order valence-electron chi connectivity index (χ1n) is 11.6. The van der Waals surface area contributed by atoms with Crippen molar-refractivity contribution in [3.63, 3.8) is 0 Å². The monoisotopic (exact) mass is 477 g/mol. The van der Waals surface area contributed by atoms with Crippen LogP contribution < -0.4 is 5.32 Å². The third-order valence-corrected chi connectivity index (χ3v) is 8.69. The smallest absolute Gasteiger partial charge is 0.309 e. The van der Waals surface area contributed by atoms with Crippen molar-refractivity contribution in [2.45, 2.75) is 64.1 Å². The average Bonchev–Trinajstić information content (AvgIpc) is 3.39. The van der Waals surface area contributed by atoms with Crippen LogP contribution in [0.3, 0.4) is 0 Å². The number of hydrogen-bond donors (Lipinski definition) is 3. The third kappa shape index (κ3) is 4.17. The predicted octanol–water partition coefficient (Wildman–Crippen LogP) is 3.61. The second-order valence-corrected chi connectivity index (χ2v) is 11.6. The normalized spacial score (nSPS) is 24.7. The van der Waals surface area contributed by atoms with Crippen molar-refractivity contribution in [2.75, 3.05) is 23.4 Å². The molecule has 0 aromatic carbocycles. The Bertz CT molecular complexity index is 1080. The molecule has 2 aliphatic heterocycles. The van der Waals surface area contributed by atoms with Gasteiger partial charge in [0.25, 0.3) is 0 Å². The number of esters is 1. The van der Waals surface area contributed by atoms with E-state index in [1.807, 2.05) is 30.9 Å². The highest BCUT2D eigenvalue weighted by molar-refractivity contribution is 8.24. The van der Waals surface area contributed by atoms with E-state index in [9.17, 15) is 13.9 Å². The maximum atomic E-state index is 12.0. The summed E-state index contributed by atoms with van der Waals surface area (Å²) in [6.45, 7) is 4.93. The molecule has 4 heterocycles. The van der Waals surface area contributed by atoms with Gasteiger partial charge in [0.2, 0.25) is 0 Å². The van der Waals surface area contributed by atoms with Crippen molar-refractivity contribution >= 4 is 39.0 Å². The quantitative estimate of drug-likeness (QED) is 0.538. The number of aryl methyl sites for hydroxylation is 1. The van der Waals surface area contributed by atoms with Crippen LogP contribution in [0.1, 0.15) is 51.5 Å². The fraction of sp³-hybridized carbons (Fsp3) is 0.636. The molecule has 3 N–H and O–H groups in total. The van der Waals surface area contributed by atoms with E-state index in [4.69, 9.17) is 9.57 Å². The molecule has 11 heteroatoms. The Kier molecular flexibility index (Phi) is 5.74. The largest absolute Gasteiger partial charge is 0.466 e. The lowest BCUT2D eigenvalue weighted by atomic mass is 9.68. The lowest BCUT2D eigenvalue weighted by Gasteiger charge is -2.40. The number of nitrogens with one attached hydrogen (secondary N) is 1. The Morgan fingerprint density at radius 1 is 1.30 bits per heavy atom. The van der Waals surface area contributed by atoms with Gasteiger partial charge in [0, 0.05) is 55.1 Å². The molecule has 0 radical (unpaired) electrons. The Morgan fingerprint density at radius 3 is 2.76 bits per heavy atom. The van der Waals surface area contributed by atoms with Crippen LogP contribution in [0.15, 0.2) is 17.5 Å². The minimum Gasteiger partial charge on any atom is -0.466 e. The average molecular weight is 478 g/mol. The van der Waals surface area contributed by atoms with Gasteiger partial charge in [-0.2, -0.15) is 15.7 Å². The topological polar surface area (TPSA) is 131 Å². The Balaban J connectivity index is 1.39. The van der Waals surface area contributed by atoms with Gasteiger partial charge >= 0.3 is 5.97 Å². The van der Waals surface area contributed by atoms with E-state index < -0.39 is 16.2 Å². The molecule has 0 atom stereocenters. The molecule has 1 saturated carbocycles. The number of carbonyl (C=O) groups is 1. The van der Waals surface area contributed by atoms with E-state index in [0.29, 0.717) is 56.8 Å². The summed E-state index contributed by atoms with van der Waals surface area (Å²) in [5.74, 6) is 0.513. The van der Waals surface area contributed by atoms with Gasteiger partial charge in [-0.3, -0.25) is 13.9 Å². The summed E-state index contributed by atoms with van der Waals surface area (Å²) in [6, 6.07) is 0.119. The summed E-state index contributed by atoms with van der Waals surface area (Å²) in [4.78, 5) is 22.6. The molecule has 2 aromatic heterocycles. The van der Waals surface area contributed by atoms with Crippen LogP contribution in [0, 0.1) is 5.92 Å². The number of pyridine rings is 1. The molecular formula is C22H31N5O5S. The second kappa shape index (κ2) is 8.44. The van der Waals surface area contributed by atoms with E-state index in [0.717, 1.165) is 28.0 Å². The van der Waals surface area contributed by atoms with E-state index in [1.165, 1.54) is 0 Å². The van der Waals surface area contributed by atoms with Crippen molar-refractivity contribution in [1.29, 1.82) is 0 Å². The number of carbonyl (C=O) groups excluding carboxylic acids is 1. The summed E-state index contributed by atoms with van der Waals surface area (Å²) in [6.07, 6.45) is 6.82. The van der Waals surface area contributed by atoms with Crippen LogP contribution in [-0.4, -0.2) is 65.3 Å². The summed E-state index contributed by atoms with van der Waals surface area (Å²) in [7, 11) is -2.45. The van der Waals surface area contributed by atoms with Gasteiger partial charge in [0.15, 0.2) is 5.65 Å². The number of anilines is 1. The van der Waals surface area contributed by atoms with Crippen LogP contribution >= 0.6 is 10.6 Å². The minimum atomic E-state index is -2.45. The zero-order chi connectivity index (χ0) is 23.2. The van der Waals surface area contributed by atoms with E-state index in [-0.39, 0.29) is 17.9 Å². The second-order valence-electron chi connectivity index (χ2n) is 9.22. The number of nitrogens with zero attached hydrogens (tertiary/aromatic N) is 4. The highest BCUT2D eigenvalue weighted by Crippen LogP contribution is 2.49. The molecule has 0 unspecified atom stereocenters. The van der Waals surface area contributed by atoms with Gasteiger partial charge in [0.1, 0.15) is 5.60 Å². The first-order valence-corrected chi connectivity index (χ1v) is 13.5. The van der Waals surface area contributed by atoms with Crippen LogP contribution in [0.2, 0.25) is 0 Å². The molecule has 0 amide bonds. The van der Waals surface area contributed by atoms with E-state index >= 15 is 0 Å². The first-order chi connectivity index (χ1) is 15.8. The van der Waals surface area contributed by atoms with Crippen LogP contribution in [0.4, 0.5) is 5.69 Å². The molecule has 1 saturated heterocycles. The Labute approximate surface area is 194 Å². The van der Waals surface area contributed by atoms with Crippen molar-refractivity contribution in [2.24, 2.45) is 11.1 Å². The lowest BCUT2D eigenvalue weighted by molar-refractivity contribution is -0.168. The molecule has 3 aliphatic rings. The molecule has 33 heavy (non-hydrogen) atoms. The number of fused-ring (bicyclic) bond motifs is 1. The number of hydrogen-bond acceptors (Lipinski definition) is 9. The van der Waals surface area contributed by atoms with E-state index in [1.54, 1.807) is 0 Å². The third-order valence-electron chi connectivity index (χ3n) is 6.91. The summed E-state index contributed by atoms with van der Waals surface area (Å²) in [5, 5.41) is 13.4. The number of aromatic nitrogens is 3. The molecule has 180 valence electrons. The number of ether oxygens (including phenoxy) is 1. The minimum absolute atomic E-state index is 0.119. The van der Waals surface area contributed by atoms with Gasteiger partial charge in [-0.05, 0) is 26.7 Å². The molecule has 5 rings (SSSR count). The van der Waals surface area contributed by atoms with Gasteiger partial charge in [-0.25, -0.2) is 9.67 Å². The summed E-state index contributed by atoms with van der Waals surface area (Å²) < 4.78 is 27.0. The lowest BCUT2D eigenvalue weighted by Crippen LogP contribution is -2.47. The molecule has 2 fully saturated rings. The zero-order valence-corrected chi connectivity index (χ0v) is 19.8. The fourth-order valence-corrected chi connectivity index (χ4v) is 6.57. The number of oxime groups is 1. The molecule has 2 aromatic rings. The summed E-state index contributed by atoms with van der Waals surface area (Å²) in [5.41, 5.74) is 2.92. The van der Waals surface area contributed by atoms with Crippen molar-refractivity contribution < 1.29 is 23.5 Å². The van der Waals surface area contributed by atoms with Crippen LogP contribution in [0.5, 0.6) is 0 Å². The zero-order valence-electron chi connectivity index (χ0n) is 19.0. The maximum Gasteiger partial charge on any atom is 0.309 e. The molecule has 10 nitrogen and oxygen atoms in total. The highest BCUT2D eigenvalue weighted by Gasteiger charge is 2.54. The predicted molar refractivity (Wildman–Crippen MR) is 127 cm³/mol. The van der Waals surface area contributed by atoms with Gasteiger partial charge in [-0.15, -0.1) is 0 Å². The van der Waals surface area contributed by atoms with E-state index in [2.05, 4.69) is 20.6 Å². The van der Waals surface area contributed by atoms with Crippen LogP contribution in [0.25, 0.3) is 11.0 Å². The maximum absolute atomic E-state index is 12.0. The fourth-order valence-electron chi connectivity index (χ4n) is 5.04. The highest BCUT2D eigenvalue weighted by atomic mass is 32.3. The van der Waals surface area contributed by atoms with Gasteiger partial charge in [0.05, 0.1) is 35.5 Å². The standard InChI is InChI=1S/C22H31N5O5S/c1-3-27-20-17(13-24-27)19(25-15-5-7-33(29,30)8-6-15)16(12-23-20)18-11-22(32-26-18)9-14(10-22)21(28)31-4-2/h12-15,29-30H,3-11H2,1-2H3,(H,23,25). The van der Waals surface area contributed by atoms with Crippen molar-refractivity contribution in [1.82, 2.24) is 14.8 Å². The Morgan fingerprint density at radius 2 is 2.06 bits per heavy atom. The molecule has 1 spiro atoms. The molecular weight excluding hydrogens is 446 g/mol. The van der Waals surface area contributed by atoms with Gasteiger partial charge < -0.3 is 14.9 Å². The Hall–Kier alpha value is -2.37. The SMILES string of the molecule is CCOC(=O)C1CC2(CC(c3cnc4c(cnn4CC)c3NC3CCS(O)(O)CC3)=NO2)C1. The summed E-state index contributed by atoms with van der Waals surface area (Å²) >= 11 is 0. The van der Waals surface area contributed by atoms with Crippen molar-refractivity contribution in [3.8, 4) is 0 Å². The molecule has 1 aliphatic carbocycles. The first kappa shape index (κ1) is 22.4. The number of rotatable bonds is 6. The van der Waals surface area contributed by atoms with Crippen LogP contribution in [-0.2, 0) is 20.9 Å². The van der Waals surface area contributed by atoms with Crippen molar-refractivity contribution in [3.05, 3.63) is 18.0 Å². The molecule has 0 bridgehead atoms. The van der Waals surface area contributed by atoms with Gasteiger partial charge in [-0.1, -0.05) is 5.16 Å².